The summed E-state index contributed by atoms with van der Waals surface area (Å²) in [6, 6.07) is 7.09. The van der Waals surface area contributed by atoms with Crippen LogP contribution in [0, 0.1) is 0 Å². The van der Waals surface area contributed by atoms with E-state index < -0.39 is 21.1 Å². The first-order chi connectivity index (χ1) is 7.84. The Bertz CT molecular complexity index is 470. The Hall–Kier alpha value is -1.07. The quantitative estimate of drug-likeness (QED) is 0.854. The van der Waals surface area contributed by atoms with Crippen LogP contribution in [0.3, 0.4) is 0 Å². The summed E-state index contributed by atoms with van der Waals surface area (Å²) in [5.74, 6) is 0.752. The largest absolute Gasteiger partial charge is 0.497 e. The number of sulfone groups is 1. The minimum Gasteiger partial charge on any atom is -0.497 e. The van der Waals surface area contributed by atoms with Crippen molar-refractivity contribution in [2.24, 2.45) is 5.73 Å². The van der Waals surface area contributed by atoms with Crippen LogP contribution in [0.25, 0.3) is 0 Å². The first-order valence-electron chi connectivity index (χ1n) is 5.42. The maximum absolute atomic E-state index is 11.4. The van der Waals surface area contributed by atoms with E-state index in [1.807, 2.05) is 24.3 Å². The molecule has 0 spiro atoms. The van der Waals surface area contributed by atoms with Gasteiger partial charge in [-0.25, -0.2) is 8.42 Å². The maximum atomic E-state index is 11.4. The molecule has 2 unspecified atom stereocenters. The highest BCUT2D eigenvalue weighted by Crippen LogP contribution is 2.15. The lowest BCUT2D eigenvalue weighted by molar-refractivity contribution is 0.414. The molecule has 0 aliphatic rings. The van der Waals surface area contributed by atoms with Gasteiger partial charge in [0.2, 0.25) is 0 Å². The van der Waals surface area contributed by atoms with Crippen LogP contribution in [0.15, 0.2) is 24.3 Å². The number of hydrogen-bond acceptors (Lipinski definition) is 4. The zero-order valence-electron chi connectivity index (χ0n) is 10.4. The van der Waals surface area contributed by atoms with Crippen molar-refractivity contribution in [3.05, 3.63) is 29.8 Å². The van der Waals surface area contributed by atoms with Crippen LogP contribution in [-0.4, -0.2) is 33.1 Å². The zero-order chi connectivity index (χ0) is 13.1. The summed E-state index contributed by atoms with van der Waals surface area (Å²) in [5.41, 5.74) is 6.89. The summed E-state index contributed by atoms with van der Waals surface area (Å²) in [6.45, 7) is 1.64. The molecule has 0 fully saturated rings. The van der Waals surface area contributed by atoms with Gasteiger partial charge in [0.25, 0.3) is 0 Å². The van der Waals surface area contributed by atoms with Crippen molar-refractivity contribution in [2.75, 3.05) is 13.4 Å². The van der Waals surface area contributed by atoms with Gasteiger partial charge in [0.05, 0.1) is 12.4 Å². The third kappa shape index (κ3) is 4.02. The molecule has 4 nitrogen and oxygen atoms in total. The first kappa shape index (κ1) is 14.0. The van der Waals surface area contributed by atoms with Gasteiger partial charge in [-0.15, -0.1) is 0 Å². The van der Waals surface area contributed by atoms with E-state index in [0.717, 1.165) is 11.3 Å². The number of rotatable bonds is 5. The van der Waals surface area contributed by atoms with E-state index in [9.17, 15) is 8.42 Å². The van der Waals surface area contributed by atoms with Gasteiger partial charge in [-0.3, -0.25) is 0 Å². The minimum atomic E-state index is -3.09. The van der Waals surface area contributed by atoms with Gasteiger partial charge in [-0.05, 0) is 31.0 Å². The van der Waals surface area contributed by atoms with E-state index in [2.05, 4.69) is 0 Å². The molecule has 1 aromatic carbocycles. The molecule has 96 valence electrons. The molecule has 0 heterocycles. The fourth-order valence-corrected chi connectivity index (χ4v) is 2.29. The first-order valence-corrected chi connectivity index (χ1v) is 7.37. The van der Waals surface area contributed by atoms with E-state index in [-0.39, 0.29) is 0 Å². The molecule has 0 aliphatic heterocycles. The fourth-order valence-electron chi connectivity index (χ4n) is 1.56. The topological polar surface area (TPSA) is 69.4 Å². The van der Waals surface area contributed by atoms with Crippen molar-refractivity contribution in [1.29, 1.82) is 0 Å². The monoisotopic (exact) mass is 257 g/mol. The van der Waals surface area contributed by atoms with Gasteiger partial charge in [0.15, 0.2) is 9.84 Å². The second-order valence-electron chi connectivity index (χ2n) is 4.25. The Morgan fingerprint density at radius 3 is 2.59 bits per heavy atom. The number of methoxy groups -OCH3 is 1. The summed E-state index contributed by atoms with van der Waals surface area (Å²) in [7, 11) is -1.50. The van der Waals surface area contributed by atoms with Gasteiger partial charge >= 0.3 is 0 Å². The van der Waals surface area contributed by atoms with Gasteiger partial charge in [-0.2, -0.15) is 0 Å². The average molecular weight is 257 g/mol. The summed E-state index contributed by atoms with van der Waals surface area (Å²) < 4.78 is 27.9. The van der Waals surface area contributed by atoms with Gasteiger partial charge < -0.3 is 10.5 Å². The number of benzene rings is 1. The molecule has 5 heteroatoms. The molecule has 0 aromatic heterocycles. The maximum Gasteiger partial charge on any atom is 0.151 e. The molecule has 1 rings (SSSR count). The van der Waals surface area contributed by atoms with Crippen molar-refractivity contribution in [2.45, 2.75) is 24.6 Å². The third-order valence-electron chi connectivity index (χ3n) is 2.88. The molecular weight excluding hydrogens is 238 g/mol. The van der Waals surface area contributed by atoms with E-state index >= 15 is 0 Å². The molecule has 17 heavy (non-hydrogen) atoms. The van der Waals surface area contributed by atoms with E-state index in [1.54, 1.807) is 14.0 Å². The minimum absolute atomic E-state index is 0.405. The van der Waals surface area contributed by atoms with Gasteiger partial charge in [0.1, 0.15) is 5.75 Å². The lowest BCUT2D eigenvalue weighted by Gasteiger charge is -2.18. The van der Waals surface area contributed by atoms with Gasteiger partial charge in [-0.1, -0.05) is 12.1 Å². The highest BCUT2D eigenvalue weighted by atomic mass is 32.2. The molecule has 2 N–H and O–H groups in total. The zero-order valence-corrected chi connectivity index (χ0v) is 11.2. The predicted octanol–water partition coefficient (Wildman–Crippen LogP) is 0.998. The summed E-state index contributed by atoms with van der Waals surface area (Å²) in [4.78, 5) is 0. The molecular formula is C12H19NO3S. The Morgan fingerprint density at radius 1 is 1.41 bits per heavy atom. The van der Waals surface area contributed by atoms with Crippen molar-refractivity contribution in [3.63, 3.8) is 0 Å². The Kier molecular flexibility index (Phi) is 4.54. The molecule has 0 aliphatic carbocycles. The number of nitrogens with two attached hydrogens (primary N) is 1. The van der Waals surface area contributed by atoms with Gasteiger partial charge in [0, 0.05) is 12.3 Å². The van der Waals surface area contributed by atoms with Crippen LogP contribution in [0.1, 0.15) is 12.5 Å². The van der Waals surface area contributed by atoms with Crippen LogP contribution in [0.2, 0.25) is 0 Å². The molecule has 0 radical (unpaired) electrons. The Balaban J connectivity index is 2.77. The SMILES string of the molecule is COc1cccc(CC(N)C(C)S(C)(=O)=O)c1. The van der Waals surface area contributed by atoms with Crippen LogP contribution in [0.4, 0.5) is 0 Å². The standard InChI is InChI=1S/C12H19NO3S/c1-9(17(3,14)15)12(13)8-10-5-4-6-11(7-10)16-2/h4-7,9,12H,8,13H2,1-3H3. The fraction of sp³-hybridized carbons (Fsp3) is 0.500. The summed E-state index contributed by atoms with van der Waals surface area (Å²) in [5, 5.41) is -0.547. The van der Waals surface area contributed by atoms with Crippen molar-refractivity contribution < 1.29 is 13.2 Å². The highest BCUT2D eigenvalue weighted by molar-refractivity contribution is 7.91. The molecule has 0 bridgehead atoms. The predicted molar refractivity (Wildman–Crippen MR) is 69.0 cm³/mol. The number of hydrogen-bond donors (Lipinski definition) is 1. The lowest BCUT2D eigenvalue weighted by Crippen LogP contribution is -2.39. The second-order valence-corrected chi connectivity index (χ2v) is 6.66. The number of ether oxygens (including phenoxy) is 1. The lowest BCUT2D eigenvalue weighted by atomic mass is 10.0. The molecule has 1 aromatic rings. The van der Waals surface area contributed by atoms with E-state index in [4.69, 9.17) is 10.5 Å². The van der Waals surface area contributed by atoms with Crippen molar-refractivity contribution in [3.8, 4) is 5.75 Å². The normalized spacial score (nSPS) is 15.3. The smallest absolute Gasteiger partial charge is 0.151 e. The summed E-state index contributed by atoms with van der Waals surface area (Å²) >= 11 is 0. The Labute approximate surface area is 103 Å². The third-order valence-corrected chi connectivity index (χ3v) is 4.58. The highest BCUT2D eigenvalue weighted by Gasteiger charge is 2.22. The van der Waals surface area contributed by atoms with Crippen LogP contribution in [-0.2, 0) is 16.3 Å². The molecule has 2 atom stereocenters. The molecule has 0 saturated carbocycles. The van der Waals surface area contributed by atoms with E-state index in [1.165, 1.54) is 6.26 Å². The second kappa shape index (κ2) is 5.51. The molecule has 0 amide bonds. The van der Waals surface area contributed by atoms with Crippen LogP contribution >= 0.6 is 0 Å². The van der Waals surface area contributed by atoms with Crippen molar-refractivity contribution >= 4 is 9.84 Å². The Morgan fingerprint density at radius 2 is 2.06 bits per heavy atom. The van der Waals surface area contributed by atoms with E-state index in [0.29, 0.717) is 6.42 Å². The molecule has 0 saturated heterocycles. The van der Waals surface area contributed by atoms with Crippen molar-refractivity contribution in [1.82, 2.24) is 0 Å². The van der Waals surface area contributed by atoms with Crippen LogP contribution < -0.4 is 10.5 Å². The summed E-state index contributed by atoms with van der Waals surface area (Å²) in [6.07, 6.45) is 1.73. The average Bonchev–Trinajstić information content (AvgIpc) is 2.27. The van der Waals surface area contributed by atoms with Crippen LogP contribution in [0.5, 0.6) is 5.75 Å².